The normalized spacial score (nSPS) is 10.2. The number of para-hydroxylation sites is 1. The van der Waals surface area contributed by atoms with E-state index in [4.69, 9.17) is 21.1 Å². The number of ether oxygens (including phenoxy) is 2. The second-order valence-electron chi connectivity index (χ2n) is 6.38. The molecule has 0 bridgehead atoms. The summed E-state index contributed by atoms with van der Waals surface area (Å²) >= 11 is 5.97. The molecule has 0 radical (unpaired) electrons. The van der Waals surface area contributed by atoms with Gasteiger partial charge < -0.3 is 9.47 Å². The van der Waals surface area contributed by atoms with Gasteiger partial charge in [-0.25, -0.2) is 0 Å². The number of nitrogens with one attached hydrogen (secondary N) is 2. The molecule has 0 aliphatic rings. The molecule has 0 unspecified atom stereocenters. The van der Waals surface area contributed by atoms with Crippen molar-refractivity contribution in [3.8, 4) is 22.6 Å². The van der Waals surface area contributed by atoms with Crippen LogP contribution in [-0.2, 0) is 16.0 Å². The van der Waals surface area contributed by atoms with Crippen molar-refractivity contribution < 1.29 is 19.1 Å². The van der Waals surface area contributed by atoms with Gasteiger partial charge in [-0.2, -0.15) is 0 Å². The van der Waals surface area contributed by atoms with Gasteiger partial charge in [0.25, 0.3) is 5.91 Å². The standard InChI is InChI=1S/C23H21ClN2O4/c1-29-20-12-11-18(24)13-17(20)14-22(27)25-26-23(28)15-30-21-10-6-5-9-19(21)16-7-3-2-4-8-16/h2-13H,14-15H2,1H3,(H,25,27)(H,26,28). The van der Waals surface area contributed by atoms with Crippen molar-refractivity contribution in [3.05, 3.63) is 83.4 Å². The van der Waals surface area contributed by atoms with Crippen molar-refractivity contribution in [2.24, 2.45) is 0 Å². The van der Waals surface area contributed by atoms with Crippen molar-refractivity contribution >= 4 is 23.4 Å². The summed E-state index contributed by atoms with van der Waals surface area (Å²) in [6, 6.07) is 22.2. The number of hydrogen-bond acceptors (Lipinski definition) is 4. The fourth-order valence-corrected chi connectivity index (χ4v) is 3.06. The minimum absolute atomic E-state index is 0.00170. The maximum absolute atomic E-state index is 12.1. The Kier molecular flexibility index (Phi) is 7.29. The molecule has 3 aromatic carbocycles. The van der Waals surface area contributed by atoms with Gasteiger partial charge in [0.2, 0.25) is 5.91 Å². The highest BCUT2D eigenvalue weighted by Crippen LogP contribution is 2.29. The van der Waals surface area contributed by atoms with E-state index in [9.17, 15) is 9.59 Å². The number of rotatable bonds is 7. The number of methoxy groups -OCH3 is 1. The van der Waals surface area contributed by atoms with Gasteiger partial charge in [0.1, 0.15) is 11.5 Å². The van der Waals surface area contributed by atoms with E-state index in [1.165, 1.54) is 7.11 Å². The Morgan fingerprint density at radius 3 is 2.33 bits per heavy atom. The smallest absolute Gasteiger partial charge is 0.276 e. The fraction of sp³-hybridized carbons (Fsp3) is 0.130. The lowest BCUT2D eigenvalue weighted by Gasteiger charge is -2.13. The number of amides is 2. The zero-order valence-corrected chi connectivity index (χ0v) is 17.1. The molecule has 0 aliphatic carbocycles. The molecule has 2 amide bonds. The highest BCUT2D eigenvalue weighted by molar-refractivity contribution is 6.30. The van der Waals surface area contributed by atoms with Gasteiger partial charge in [-0.3, -0.25) is 20.4 Å². The summed E-state index contributed by atoms with van der Waals surface area (Å²) in [5.41, 5.74) is 7.19. The lowest BCUT2D eigenvalue weighted by atomic mass is 10.1. The first kappa shape index (κ1) is 21.2. The van der Waals surface area contributed by atoms with Gasteiger partial charge in [-0.05, 0) is 29.8 Å². The third kappa shape index (κ3) is 5.75. The largest absolute Gasteiger partial charge is 0.496 e. The first-order valence-electron chi connectivity index (χ1n) is 9.24. The number of carbonyl (C=O) groups excluding carboxylic acids is 2. The van der Waals surface area contributed by atoms with Crippen LogP contribution in [-0.4, -0.2) is 25.5 Å². The van der Waals surface area contributed by atoms with Crippen LogP contribution in [0.15, 0.2) is 72.8 Å². The van der Waals surface area contributed by atoms with Crippen molar-refractivity contribution in [2.45, 2.75) is 6.42 Å². The highest BCUT2D eigenvalue weighted by atomic mass is 35.5. The number of benzene rings is 3. The van der Waals surface area contributed by atoms with E-state index < -0.39 is 11.8 Å². The molecule has 0 saturated carbocycles. The molecule has 3 rings (SSSR count). The van der Waals surface area contributed by atoms with Crippen molar-refractivity contribution in [1.82, 2.24) is 10.9 Å². The van der Waals surface area contributed by atoms with E-state index in [0.29, 0.717) is 22.1 Å². The van der Waals surface area contributed by atoms with Crippen molar-refractivity contribution in [2.75, 3.05) is 13.7 Å². The summed E-state index contributed by atoms with van der Waals surface area (Å²) in [5, 5.41) is 0.494. The Balaban J connectivity index is 1.53. The van der Waals surface area contributed by atoms with Gasteiger partial charge >= 0.3 is 0 Å². The average molecular weight is 425 g/mol. The zero-order chi connectivity index (χ0) is 21.3. The van der Waals surface area contributed by atoms with Crippen LogP contribution < -0.4 is 20.3 Å². The highest BCUT2D eigenvalue weighted by Gasteiger charge is 2.12. The van der Waals surface area contributed by atoms with Gasteiger partial charge in [-0.1, -0.05) is 60.1 Å². The van der Waals surface area contributed by atoms with Gasteiger partial charge in [0.15, 0.2) is 6.61 Å². The van der Waals surface area contributed by atoms with Crippen LogP contribution in [0.25, 0.3) is 11.1 Å². The van der Waals surface area contributed by atoms with E-state index in [1.807, 2.05) is 48.5 Å². The van der Waals surface area contributed by atoms with Gasteiger partial charge in [-0.15, -0.1) is 0 Å². The maximum atomic E-state index is 12.1. The Morgan fingerprint density at radius 1 is 0.867 bits per heavy atom. The minimum atomic E-state index is -0.482. The van der Waals surface area contributed by atoms with Crippen LogP contribution in [0.4, 0.5) is 0 Å². The third-order valence-electron chi connectivity index (χ3n) is 4.27. The van der Waals surface area contributed by atoms with E-state index in [0.717, 1.165) is 11.1 Å². The number of hydrogen-bond donors (Lipinski definition) is 2. The molecule has 0 aromatic heterocycles. The van der Waals surface area contributed by atoms with Crippen LogP contribution in [0.5, 0.6) is 11.5 Å². The summed E-state index contributed by atoms with van der Waals surface area (Å²) in [4.78, 5) is 24.2. The summed E-state index contributed by atoms with van der Waals surface area (Å²) in [6.45, 7) is -0.245. The summed E-state index contributed by atoms with van der Waals surface area (Å²) < 4.78 is 10.9. The molecule has 0 atom stereocenters. The molecule has 0 saturated heterocycles. The molecule has 30 heavy (non-hydrogen) atoms. The van der Waals surface area contributed by atoms with E-state index in [1.54, 1.807) is 24.3 Å². The molecular formula is C23H21ClN2O4. The Morgan fingerprint density at radius 2 is 1.57 bits per heavy atom. The van der Waals surface area contributed by atoms with Crippen LogP contribution in [0.1, 0.15) is 5.56 Å². The molecule has 3 aromatic rings. The molecule has 0 heterocycles. The quantitative estimate of drug-likeness (QED) is 0.566. The van der Waals surface area contributed by atoms with Gasteiger partial charge in [0.05, 0.1) is 13.5 Å². The van der Waals surface area contributed by atoms with Crippen molar-refractivity contribution in [1.29, 1.82) is 0 Å². The Hall–Kier alpha value is -3.51. The number of halogens is 1. The van der Waals surface area contributed by atoms with Crippen LogP contribution in [0.2, 0.25) is 5.02 Å². The Labute approximate surface area is 179 Å². The second kappa shape index (κ2) is 10.3. The summed E-state index contributed by atoms with van der Waals surface area (Å²) in [7, 11) is 1.51. The molecule has 0 aliphatic heterocycles. The first-order valence-corrected chi connectivity index (χ1v) is 9.62. The van der Waals surface area contributed by atoms with E-state index in [2.05, 4.69) is 10.9 Å². The number of carbonyl (C=O) groups is 2. The van der Waals surface area contributed by atoms with Crippen molar-refractivity contribution in [3.63, 3.8) is 0 Å². The molecule has 0 spiro atoms. The average Bonchev–Trinajstić information content (AvgIpc) is 2.77. The molecular weight excluding hydrogens is 404 g/mol. The summed E-state index contributed by atoms with van der Waals surface area (Å²) in [6.07, 6.45) is 0.00170. The fourth-order valence-electron chi connectivity index (χ4n) is 2.87. The monoisotopic (exact) mass is 424 g/mol. The second-order valence-corrected chi connectivity index (χ2v) is 6.82. The van der Waals surface area contributed by atoms with E-state index in [-0.39, 0.29) is 13.0 Å². The van der Waals surface area contributed by atoms with E-state index >= 15 is 0 Å². The molecule has 0 fully saturated rings. The van der Waals surface area contributed by atoms with Gasteiger partial charge in [0, 0.05) is 16.1 Å². The lowest BCUT2D eigenvalue weighted by molar-refractivity contribution is -0.129. The first-order chi connectivity index (χ1) is 14.6. The molecule has 2 N–H and O–H groups in total. The molecule has 6 nitrogen and oxygen atoms in total. The summed E-state index contributed by atoms with van der Waals surface area (Å²) in [5.74, 6) is 0.230. The Bertz CT molecular complexity index is 1020. The molecule has 154 valence electrons. The number of hydrazine groups is 1. The van der Waals surface area contributed by atoms with Crippen LogP contribution in [0.3, 0.4) is 0 Å². The molecule has 7 heteroatoms. The maximum Gasteiger partial charge on any atom is 0.276 e. The predicted molar refractivity (Wildman–Crippen MR) is 115 cm³/mol. The lowest BCUT2D eigenvalue weighted by Crippen LogP contribution is -2.44. The van der Waals surface area contributed by atoms with Crippen LogP contribution >= 0.6 is 11.6 Å². The predicted octanol–water partition coefficient (Wildman–Crippen LogP) is 3.78. The topological polar surface area (TPSA) is 76.7 Å². The zero-order valence-electron chi connectivity index (χ0n) is 16.4. The third-order valence-corrected chi connectivity index (χ3v) is 4.50. The minimum Gasteiger partial charge on any atom is -0.496 e. The van der Waals surface area contributed by atoms with Crippen LogP contribution in [0, 0.1) is 0 Å². The SMILES string of the molecule is COc1ccc(Cl)cc1CC(=O)NNC(=O)COc1ccccc1-c1ccccc1.